The number of nitro benzene ring substituents is 1. The molecule has 4 N–H and O–H groups in total. The zero-order valence-corrected chi connectivity index (χ0v) is 29.0. The molecule has 0 bridgehead atoms. The first-order valence-electron chi connectivity index (χ1n) is 15.6. The Bertz CT molecular complexity index is 1730. The van der Waals surface area contributed by atoms with E-state index >= 15 is 0 Å². The molecular formula is C35H41FN4O11. The maximum Gasteiger partial charge on any atom is 0.408 e. The molecule has 0 heterocycles. The van der Waals surface area contributed by atoms with Gasteiger partial charge in [0.2, 0.25) is 17.6 Å². The van der Waals surface area contributed by atoms with E-state index in [1.54, 1.807) is 51.1 Å². The number of nitrogens with zero attached hydrogens (tertiary/aromatic N) is 1. The maximum atomic E-state index is 14.1. The Balaban J connectivity index is 1.96. The fourth-order valence-electron chi connectivity index (χ4n) is 4.90. The quantitative estimate of drug-likeness (QED) is 0.102. The highest BCUT2D eigenvalue weighted by Gasteiger charge is 2.32. The van der Waals surface area contributed by atoms with Crippen LogP contribution in [0.3, 0.4) is 0 Å². The molecule has 3 amide bonds. The molecule has 51 heavy (non-hydrogen) atoms. The van der Waals surface area contributed by atoms with E-state index in [4.69, 9.17) is 18.9 Å². The topological polar surface area (TPSA) is 205 Å². The van der Waals surface area contributed by atoms with E-state index in [1.807, 2.05) is 0 Å². The summed E-state index contributed by atoms with van der Waals surface area (Å²) >= 11 is 0. The van der Waals surface area contributed by atoms with Gasteiger partial charge in [0.15, 0.2) is 11.5 Å². The van der Waals surface area contributed by atoms with Gasteiger partial charge in [-0.15, -0.1) is 0 Å². The van der Waals surface area contributed by atoms with Crippen molar-refractivity contribution in [2.45, 2.75) is 63.8 Å². The van der Waals surface area contributed by atoms with Crippen LogP contribution in [-0.2, 0) is 43.1 Å². The first-order valence-corrected chi connectivity index (χ1v) is 15.6. The van der Waals surface area contributed by atoms with Crippen molar-refractivity contribution < 1.29 is 52.5 Å². The Labute approximate surface area is 293 Å². The van der Waals surface area contributed by atoms with Crippen molar-refractivity contribution in [1.29, 1.82) is 0 Å². The number of benzene rings is 3. The zero-order valence-electron chi connectivity index (χ0n) is 29.0. The number of phenolic OH excluding ortho intramolecular Hbond substituents is 1. The highest BCUT2D eigenvalue weighted by atomic mass is 19.1. The monoisotopic (exact) mass is 712 g/mol. The largest absolute Gasteiger partial charge is 0.504 e. The molecule has 0 saturated heterocycles. The highest BCUT2D eigenvalue weighted by Crippen LogP contribution is 2.27. The number of rotatable bonds is 15. The summed E-state index contributed by atoms with van der Waals surface area (Å²) in [6.07, 6.45) is -1.55. The SMILES string of the molecule is COC(=O)[C@H](Cc1ccc(OC)c(O)c1)NC(=O)[C@H](Cc1ccc(OC)cc1)NC(=O)[C@H](Cc1ccc(F)c([N+](=O)[O-])c1)NC(=O)OC(C)(C)C. The van der Waals surface area contributed by atoms with Crippen molar-refractivity contribution in [3.05, 3.63) is 93.3 Å². The van der Waals surface area contributed by atoms with Gasteiger partial charge in [0.25, 0.3) is 0 Å². The van der Waals surface area contributed by atoms with Gasteiger partial charge < -0.3 is 40.0 Å². The summed E-state index contributed by atoms with van der Waals surface area (Å²) in [5.41, 5.74) is -0.629. The van der Waals surface area contributed by atoms with Crippen LogP contribution in [0.15, 0.2) is 60.7 Å². The van der Waals surface area contributed by atoms with E-state index in [0.29, 0.717) is 16.9 Å². The second-order valence-electron chi connectivity index (χ2n) is 12.4. The third-order valence-electron chi connectivity index (χ3n) is 7.37. The number of hydrogen-bond donors (Lipinski definition) is 4. The van der Waals surface area contributed by atoms with Crippen molar-refractivity contribution in [3.8, 4) is 17.2 Å². The molecule has 3 atom stereocenters. The van der Waals surface area contributed by atoms with E-state index in [1.165, 1.54) is 32.4 Å². The van der Waals surface area contributed by atoms with Crippen molar-refractivity contribution >= 4 is 29.6 Å². The van der Waals surface area contributed by atoms with Gasteiger partial charge in [0, 0.05) is 25.3 Å². The Morgan fingerprint density at radius 3 is 1.86 bits per heavy atom. The molecule has 3 aromatic carbocycles. The van der Waals surface area contributed by atoms with Crippen molar-refractivity contribution in [2.24, 2.45) is 0 Å². The van der Waals surface area contributed by atoms with E-state index in [-0.39, 0.29) is 36.3 Å². The third-order valence-corrected chi connectivity index (χ3v) is 7.37. The molecule has 0 aliphatic rings. The first-order chi connectivity index (χ1) is 24.0. The molecule has 0 spiro atoms. The van der Waals surface area contributed by atoms with Gasteiger partial charge in [-0.1, -0.05) is 24.3 Å². The third kappa shape index (κ3) is 11.9. The molecule has 3 aromatic rings. The predicted octanol–water partition coefficient (Wildman–Crippen LogP) is 3.52. The van der Waals surface area contributed by atoms with Crippen LogP contribution in [0, 0.1) is 15.9 Å². The van der Waals surface area contributed by atoms with Gasteiger partial charge in [0.05, 0.1) is 26.3 Å². The van der Waals surface area contributed by atoms with Crippen LogP contribution in [0.4, 0.5) is 14.9 Å². The van der Waals surface area contributed by atoms with Crippen molar-refractivity contribution in [3.63, 3.8) is 0 Å². The number of esters is 1. The molecule has 16 heteroatoms. The van der Waals surface area contributed by atoms with Gasteiger partial charge in [-0.2, -0.15) is 4.39 Å². The molecule has 0 radical (unpaired) electrons. The van der Waals surface area contributed by atoms with Crippen LogP contribution in [0.1, 0.15) is 37.5 Å². The molecule has 15 nitrogen and oxygen atoms in total. The second kappa shape index (κ2) is 17.6. The van der Waals surface area contributed by atoms with Crippen LogP contribution < -0.4 is 25.4 Å². The lowest BCUT2D eigenvalue weighted by molar-refractivity contribution is -0.387. The number of carbonyl (C=O) groups is 4. The Morgan fingerprint density at radius 2 is 1.31 bits per heavy atom. The molecule has 0 aliphatic heterocycles. The predicted molar refractivity (Wildman–Crippen MR) is 181 cm³/mol. The maximum absolute atomic E-state index is 14.1. The van der Waals surface area contributed by atoms with E-state index in [2.05, 4.69) is 16.0 Å². The number of amides is 3. The summed E-state index contributed by atoms with van der Waals surface area (Å²) in [5, 5.41) is 29.3. The van der Waals surface area contributed by atoms with Gasteiger partial charge in [-0.3, -0.25) is 19.7 Å². The normalized spacial score (nSPS) is 12.8. The Hall–Kier alpha value is -5.93. The number of nitrogens with one attached hydrogen (secondary N) is 3. The standard InChI is InChI=1S/C35H41FN4O11/c1-35(2,3)51-34(45)39-26(16-21-9-13-24(36)28(18-21)40(46)47)32(43)37-25(15-20-7-11-23(48-4)12-8-20)31(42)38-27(33(44)50-6)17-22-10-14-30(49-5)29(41)19-22/h7-14,18-19,25-27,41H,15-17H2,1-6H3,(H,37,43)(H,38,42)(H,39,45)/t25-,26-,27-/m0/s1. The van der Waals surface area contributed by atoms with Gasteiger partial charge in [-0.25, -0.2) is 9.59 Å². The summed E-state index contributed by atoms with van der Waals surface area (Å²) in [6.45, 7) is 4.81. The van der Waals surface area contributed by atoms with Crippen LogP contribution in [0.2, 0.25) is 0 Å². The number of ether oxygens (including phenoxy) is 4. The number of halogens is 1. The lowest BCUT2D eigenvalue weighted by Crippen LogP contribution is -2.57. The van der Waals surface area contributed by atoms with Gasteiger partial charge in [-0.05, 0) is 67.8 Å². The average Bonchev–Trinajstić information content (AvgIpc) is 3.07. The fourth-order valence-corrected chi connectivity index (χ4v) is 4.90. The summed E-state index contributed by atoms with van der Waals surface area (Å²) in [5.74, 6) is -3.06. The second-order valence-corrected chi connectivity index (χ2v) is 12.4. The molecule has 0 saturated carbocycles. The minimum Gasteiger partial charge on any atom is -0.504 e. The number of phenols is 1. The fraction of sp³-hybridized carbons (Fsp3) is 0.371. The highest BCUT2D eigenvalue weighted by molar-refractivity contribution is 5.93. The minimum atomic E-state index is -1.46. The summed E-state index contributed by atoms with van der Waals surface area (Å²) in [7, 11) is 3.99. The average molecular weight is 713 g/mol. The van der Waals surface area contributed by atoms with Crippen LogP contribution in [0.5, 0.6) is 17.2 Å². The molecule has 0 fully saturated rings. The summed E-state index contributed by atoms with van der Waals surface area (Å²) < 4.78 is 34.6. The number of methoxy groups -OCH3 is 3. The van der Waals surface area contributed by atoms with E-state index in [0.717, 1.165) is 19.2 Å². The van der Waals surface area contributed by atoms with Crippen LogP contribution in [0.25, 0.3) is 0 Å². The van der Waals surface area contributed by atoms with Crippen molar-refractivity contribution in [1.82, 2.24) is 16.0 Å². The van der Waals surface area contributed by atoms with E-state index in [9.17, 15) is 38.8 Å². The lowest BCUT2D eigenvalue weighted by Gasteiger charge is -2.26. The molecular weight excluding hydrogens is 671 g/mol. The molecule has 3 rings (SSSR count). The smallest absolute Gasteiger partial charge is 0.408 e. The van der Waals surface area contributed by atoms with Crippen LogP contribution >= 0.6 is 0 Å². The summed E-state index contributed by atoms with van der Waals surface area (Å²) in [4.78, 5) is 63.8. The Morgan fingerprint density at radius 1 is 0.784 bits per heavy atom. The van der Waals surface area contributed by atoms with E-state index < -0.39 is 64.0 Å². The number of alkyl carbamates (subject to hydrolysis) is 1. The molecule has 274 valence electrons. The van der Waals surface area contributed by atoms with Gasteiger partial charge >= 0.3 is 17.7 Å². The van der Waals surface area contributed by atoms with Crippen molar-refractivity contribution in [2.75, 3.05) is 21.3 Å². The number of nitro groups is 1. The first kappa shape index (κ1) is 39.5. The van der Waals surface area contributed by atoms with Crippen LogP contribution in [-0.4, -0.2) is 79.0 Å². The minimum absolute atomic E-state index is 0.0973. The Kier molecular flexibility index (Phi) is 13.7. The lowest BCUT2D eigenvalue weighted by atomic mass is 10.0. The number of hydrogen-bond acceptors (Lipinski definition) is 11. The molecule has 0 unspecified atom stereocenters. The molecule has 0 aromatic heterocycles. The number of carbonyl (C=O) groups excluding carboxylic acids is 4. The number of aromatic hydroxyl groups is 1. The molecule has 0 aliphatic carbocycles. The summed E-state index contributed by atoms with van der Waals surface area (Å²) in [6, 6.07) is 10.0. The van der Waals surface area contributed by atoms with Gasteiger partial charge in [0.1, 0.15) is 29.5 Å². The zero-order chi connectivity index (χ0) is 37.9.